The SMILES string of the molecule is C=Cc1oc2c(oc3ccccc32)c1/C=C\C. The van der Waals surface area contributed by atoms with Crippen molar-refractivity contribution in [2.45, 2.75) is 6.92 Å². The zero-order valence-corrected chi connectivity index (χ0v) is 9.57. The van der Waals surface area contributed by atoms with E-state index in [9.17, 15) is 0 Å². The van der Waals surface area contributed by atoms with Crippen LogP contribution in [0.5, 0.6) is 0 Å². The molecule has 0 amide bonds. The Morgan fingerprint density at radius 1 is 1.12 bits per heavy atom. The Hall–Kier alpha value is -2.22. The van der Waals surface area contributed by atoms with Crippen LogP contribution in [-0.2, 0) is 0 Å². The van der Waals surface area contributed by atoms with Gasteiger partial charge >= 0.3 is 0 Å². The van der Waals surface area contributed by atoms with E-state index in [-0.39, 0.29) is 0 Å². The van der Waals surface area contributed by atoms with E-state index in [1.165, 1.54) is 0 Å². The number of fused-ring (bicyclic) bond motifs is 3. The quantitative estimate of drug-likeness (QED) is 0.621. The van der Waals surface area contributed by atoms with Crippen LogP contribution in [0.15, 0.2) is 45.8 Å². The summed E-state index contributed by atoms with van der Waals surface area (Å²) in [6.45, 7) is 5.73. The lowest BCUT2D eigenvalue weighted by molar-refractivity contribution is 0.605. The molecular weight excluding hydrogens is 212 g/mol. The van der Waals surface area contributed by atoms with Crippen LogP contribution in [0.25, 0.3) is 34.3 Å². The van der Waals surface area contributed by atoms with Crippen molar-refractivity contribution in [3.63, 3.8) is 0 Å². The standard InChI is InChI=1S/C15H12O2/c1-3-7-10-12(4-2)16-15-11-8-5-6-9-13(11)17-14(10)15/h3-9H,2H2,1H3/b7-3-. The molecule has 0 aliphatic carbocycles. The molecule has 0 fully saturated rings. The van der Waals surface area contributed by atoms with Crippen LogP contribution in [-0.4, -0.2) is 0 Å². The summed E-state index contributed by atoms with van der Waals surface area (Å²) < 4.78 is 11.6. The zero-order valence-electron chi connectivity index (χ0n) is 9.57. The largest absolute Gasteiger partial charge is 0.452 e. The van der Waals surface area contributed by atoms with Crippen LogP contribution >= 0.6 is 0 Å². The van der Waals surface area contributed by atoms with Crippen molar-refractivity contribution in [1.29, 1.82) is 0 Å². The summed E-state index contributed by atoms with van der Waals surface area (Å²) in [5.41, 5.74) is 3.39. The molecule has 0 spiro atoms. The summed E-state index contributed by atoms with van der Waals surface area (Å²) >= 11 is 0. The minimum Gasteiger partial charge on any atom is -0.452 e. The molecule has 0 saturated carbocycles. The van der Waals surface area contributed by atoms with E-state index in [0.29, 0.717) is 0 Å². The Bertz CT molecular complexity index is 726. The van der Waals surface area contributed by atoms with Gasteiger partial charge in [0.15, 0.2) is 11.2 Å². The molecule has 0 bridgehead atoms. The molecule has 2 nitrogen and oxygen atoms in total. The molecule has 0 unspecified atom stereocenters. The zero-order chi connectivity index (χ0) is 11.8. The van der Waals surface area contributed by atoms with E-state index in [2.05, 4.69) is 6.58 Å². The van der Waals surface area contributed by atoms with Crippen LogP contribution in [0.1, 0.15) is 18.2 Å². The molecule has 17 heavy (non-hydrogen) atoms. The topological polar surface area (TPSA) is 26.3 Å². The molecule has 84 valence electrons. The van der Waals surface area contributed by atoms with E-state index in [1.54, 1.807) is 6.08 Å². The minimum absolute atomic E-state index is 0.752. The third-order valence-electron chi connectivity index (χ3n) is 2.79. The second-order valence-electron chi connectivity index (χ2n) is 3.84. The van der Waals surface area contributed by atoms with Crippen LogP contribution in [0, 0.1) is 0 Å². The molecule has 0 N–H and O–H groups in total. The normalized spacial score (nSPS) is 11.8. The van der Waals surface area contributed by atoms with Crippen LogP contribution in [0.4, 0.5) is 0 Å². The minimum atomic E-state index is 0.752. The van der Waals surface area contributed by atoms with Crippen LogP contribution in [0.2, 0.25) is 0 Å². The van der Waals surface area contributed by atoms with Crippen molar-refractivity contribution >= 4 is 34.3 Å². The lowest BCUT2D eigenvalue weighted by atomic mass is 10.2. The molecular formula is C15H12O2. The van der Waals surface area contributed by atoms with E-state index in [1.807, 2.05) is 43.3 Å². The third-order valence-corrected chi connectivity index (χ3v) is 2.79. The van der Waals surface area contributed by atoms with Gasteiger partial charge in [-0.3, -0.25) is 0 Å². The Labute approximate surface area is 98.8 Å². The second-order valence-corrected chi connectivity index (χ2v) is 3.84. The molecule has 3 rings (SSSR count). The van der Waals surface area contributed by atoms with Gasteiger partial charge in [0.1, 0.15) is 11.3 Å². The van der Waals surface area contributed by atoms with Crippen molar-refractivity contribution in [3.05, 3.63) is 48.2 Å². The van der Waals surface area contributed by atoms with E-state index in [0.717, 1.165) is 33.5 Å². The smallest absolute Gasteiger partial charge is 0.181 e. The maximum absolute atomic E-state index is 5.83. The molecule has 0 saturated heterocycles. The highest BCUT2D eigenvalue weighted by Gasteiger charge is 2.16. The molecule has 0 atom stereocenters. The van der Waals surface area contributed by atoms with Crippen molar-refractivity contribution in [1.82, 2.24) is 0 Å². The van der Waals surface area contributed by atoms with Crippen molar-refractivity contribution < 1.29 is 8.83 Å². The molecule has 0 radical (unpaired) electrons. The number of para-hydroxylation sites is 1. The Morgan fingerprint density at radius 3 is 2.71 bits per heavy atom. The van der Waals surface area contributed by atoms with Crippen LogP contribution in [0.3, 0.4) is 0 Å². The lowest BCUT2D eigenvalue weighted by Gasteiger charge is -1.90. The van der Waals surface area contributed by atoms with Gasteiger partial charge in [0, 0.05) is 0 Å². The maximum atomic E-state index is 5.83. The molecule has 3 aromatic rings. The average Bonchev–Trinajstić information content (AvgIpc) is 2.87. The highest BCUT2D eigenvalue weighted by Crippen LogP contribution is 2.35. The van der Waals surface area contributed by atoms with Gasteiger partial charge in [-0.05, 0) is 25.1 Å². The van der Waals surface area contributed by atoms with Gasteiger partial charge in [-0.2, -0.15) is 0 Å². The molecule has 0 aliphatic rings. The first kappa shape index (κ1) is 9.97. The van der Waals surface area contributed by atoms with E-state index < -0.39 is 0 Å². The molecule has 2 heteroatoms. The monoisotopic (exact) mass is 224 g/mol. The third kappa shape index (κ3) is 1.34. The van der Waals surface area contributed by atoms with Crippen LogP contribution < -0.4 is 0 Å². The summed E-state index contributed by atoms with van der Waals surface area (Å²) in [6.07, 6.45) is 5.65. The number of furan rings is 2. The summed E-state index contributed by atoms with van der Waals surface area (Å²) in [5, 5.41) is 1.00. The van der Waals surface area contributed by atoms with Gasteiger partial charge in [-0.15, -0.1) is 0 Å². The molecule has 2 heterocycles. The summed E-state index contributed by atoms with van der Waals surface area (Å²) in [4.78, 5) is 0. The summed E-state index contributed by atoms with van der Waals surface area (Å²) in [6, 6.07) is 7.87. The lowest BCUT2D eigenvalue weighted by Crippen LogP contribution is -1.70. The highest BCUT2D eigenvalue weighted by atomic mass is 16.4. The number of allylic oxidation sites excluding steroid dienone is 1. The predicted octanol–water partition coefficient (Wildman–Crippen LogP) is 4.86. The maximum Gasteiger partial charge on any atom is 0.181 e. The fourth-order valence-electron chi connectivity index (χ4n) is 2.05. The van der Waals surface area contributed by atoms with Gasteiger partial charge in [-0.1, -0.05) is 30.9 Å². The van der Waals surface area contributed by atoms with Gasteiger partial charge in [-0.25, -0.2) is 0 Å². The number of rotatable bonds is 2. The second kappa shape index (κ2) is 3.67. The fraction of sp³-hybridized carbons (Fsp3) is 0.0667. The number of hydrogen-bond donors (Lipinski definition) is 0. The van der Waals surface area contributed by atoms with Gasteiger partial charge in [0.05, 0.1) is 10.9 Å². The first-order valence-electron chi connectivity index (χ1n) is 5.54. The summed E-state index contributed by atoms with van der Waals surface area (Å²) in [5.74, 6) is 0.752. The van der Waals surface area contributed by atoms with Crippen molar-refractivity contribution in [2.24, 2.45) is 0 Å². The van der Waals surface area contributed by atoms with Crippen molar-refractivity contribution in [3.8, 4) is 0 Å². The fourth-order valence-corrected chi connectivity index (χ4v) is 2.05. The first-order valence-corrected chi connectivity index (χ1v) is 5.54. The highest BCUT2D eigenvalue weighted by molar-refractivity contribution is 6.05. The van der Waals surface area contributed by atoms with Crippen molar-refractivity contribution in [2.75, 3.05) is 0 Å². The van der Waals surface area contributed by atoms with Gasteiger partial charge < -0.3 is 8.83 Å². The van der Waals surface area contributed by atoms with E-state index >= 15 is 0 Å². The Balaban J connectivity index is 2.47. The average molecular weight is 224 g/mol. The molecule has 2 aromatic heterocycles. The molecule has 1 aromatic carbocycles. The Morgan fingerprint density at radius 2 is 1.94 bits per heavy atom. The Kier molecular flexibility index (Phi) is 2.15. The number of hydrogen-bond acceptors (Lipinski definition) is 2. The first-order chi connectivity index (χ1) is 8.35. The predicted molar refractivity (Wildman–Crippen MR) is 70.8 cm³/mol. The summed E-state index contributed by atoms with van der Waals surface area (Å²) in [7, 11) is 0. The van der Waals surface area contributed by atoms with Gasteiger partial charge in [0.25, 0.3) is 0 Å². The molecule has 0 aliphatic heterocycles. The van der Waals surface area contributed by atoms with Gasteiger partial charge in [0.2, 0.25) is 0 Å². The van der Waals surface area contributed by atoms with E-state index in [4.69, 9.17) is 8.83 Å². The number of benzene rings is 1.